The first-order chi connectivity index (χ1) is 25.7. The standard InChI is InChI=1S/C35H42F2N7O9P/c1-22(2)50-29(45)23(3)42-54(47,53-25-15-9-6-10-16-25)49-20-35(37)30(51-33(46)48-19-24-13-7-5-8-14-24)34(4,36)31(52-35)44-21-39-26-27(43-17-11-12-18-43)40-32(38)41-28(26)44/h5-10,13-16,21-23,30-31H,11-12,17-20H2,1-4H3,(H,42,47)(H2,38,40,41)/t23-,30-,31+,34+,35+,54?/m0/s1. The Morgan fingerprint density at radius 1 is 1.06 bits per heavy atom. The van der Waals surface area contributed by atoms with Gasteiger partial charge in [0.05, 0.1) is 12.4 Å². The summed E-state index contributed by atoms with van der Waals surface area (Å²) in [5.41, 5.74) is 4.04. The maximum absolute atomic E-state index is 17.5. The third kappa shape index (κ3) is 8.57. The number of carbonyl (C=O) groups is 2. The van der Waals surface area contributed by atoms with Gasteiger partial charge in [0.1, 0.15) is 25.0 Å². The van der Waals surface area contributed by atoms with Gasteiger partial charge in [-0.3, -0.25) is 13.9 Å². The van der Waals surface area contributed by atoms with E-state index >= 15 is 8.78 Å². The molecule has 6 rings (SSSR count). The highest BCUT2D eigenvalue weighted by molar-refractivity contribution is 7.52. The Hall–Kier alpha value is -4.90. The number of hydrogen-bond donors (Lipinski definition) is 2. The lowest BCUT2D eigenvalue weighted by Gasteiger charge is -2.30. The van der Waals surface area contributed by atoms with Crippen LogP contribution in [0.15, 0.2) is 67.0 Å². The first kappa shape index (κ1) is 38.8. The van der Waals surface area contributed by atoms with Gasteiger partial charge in [0, 0.05) is 13.1 Å². The van der Waals surface area contributed by atoms with Crippen molar-refractivity contribution in [3.63, 3.8) is 0 Å². The van der Waals surface area contributed by atoms with E-state index < -0.39 is 62.5 Å². The number of alkyl halides is 2. The summed E-state index contributed by atoms with van der Waals surface area (Å²) in [5, 5.41) is 2.44. The normalized spacial score (nSPS) is 24.3. The molecule has 1 unspecified atom stereocenters. The number of hydrogen-bond acceptors (Lipinski definition) is 14. The molecule has 2 aliphatic rings. The summed E-state index contributed by atoms with van der Waals surface area (Å²) in [4.78, 5) is 40.7. The molecule has 19 heteroatoms. The molecule has 2 fully saturated rings. The molecule has 2 aliphatic heterocycles. The number of fused-ring (bicyclic) bond motifs is 1. The van der Waals surface area contributed by atoms with E-state index in [1.807, 2.05) is 4.90 Å². The lowest BCUT2D eigenvalue weighted by molar-refractivity contribution is -0.206. The van der Waals surface area contributed by atoms with Crippen LogP contribution in [0.4, 0.5) is 25.3 Å². The van der Waals surface area contributed by atoms with Crippen molar-refractivity contribution in [2.75, 3.05) is 30.3 Å². The van der Waals surface area contributed by atoms with Crippen molar-refractivity contribution in [3.05, 3.63) is 72.6 Å². The molecule has 2 aromatic heterocycles. The quantitative estimate of drug-likeness (QED) is 0.116. The summed E-state index contributed by atoms with van der Waals surface area (Å²) in [7, 11) is -4.72. The Labute approximate surface area is 309 Å². The van der Waals surface area contributed by atoms with E-state index in [9.17, 15) is 14.2 Å². The second kappa shape index (κ2) is 15.8. The SMILES string of the molecule is CC(C)OC(=O)[C@H](C)NP(=O)(OC[C@@]1(F)O[C@@H](n2cnc3c(N4CCCC4)nc(N)nc32)[C@](C)(F)[C@@H]1OC(=O)OCc1ccccc1)Oc1ccccc1. The summed E-state index contributed by atoms with van der Waals surface area (Å²) in [6.45, 7) is 5.28. The second-order valence-electron chi connectivity index (χ2n) is 13.4. The van der Waals surface area contributed by atoms with Crippen LogP contribution in [0.3, 0.4) is 0 Å². The number of nitrogens with zero attached hydrogens (tertiary/aromatic N) is 5. The third-order valence-electron chi connectivity index (χ3n) is 8.64. The predicted octanol–water partition coefficient (Wildman–Crippen LogP) is 5.79. The maximum Gasteiger partial charge on any atom is 0.509 e. The van der Waals surface area contributed by atoms with Crippen LogP contribution in [-0.4, -0.2) is 81.1 Å². The lowest BCUT2D eigenvalue weighted by atomic mass is 9.97. The molecule has 0 spiro atoms. The Bertz CT molecular complexity index is 1990. The van der Waals surface area contributed by atoms with Crippen molar-refractivity contribution in [2.45, 2.75) is 83.1 Å². The van der Waals surface area contributed by atoms with Crippen molar-refractivity contribution in [1.82, 2.24) is 24.6 Å². The Balaban J connectivity index is 1.33. The van der Waals surface area contributed by atoms with Crippen LogP contribution in [0.2, 0.25) is 0 Å². The Kier molecular flexibility index (Phi) is 11.4. The molecule has 6 atom stereocenters. The van der Waals surface area contributed by atoms with E-state index in [4.69, 9.17) is 33.7 Å². The summed E-state index contributed by atoms with van der Waals surface area (Å²) in [6, 6.07) is 15.0. The average Bonchev–Trinajstić information content (AvgIpc) is 3.86. The summed E-state index contributed by atoms with van der Waals surface area (Å²) >= 11 is 0. The molecule has 0 saturated carbocycles. The minimum atomic E-state index is -4.72. The van der Waals surface area contributed by atoms with Gasteiger partial charge >= 0.3 is 19.9 Å². The molecule has 4 aromatic rings. The lowest BCUT2D eigenvalue weighted by Crippen LogP contribution is -2.50. The molecule has 0 radical (unpaired) electrons. The van der Waals surface area contributed by atoms with Gasteiger partial charge in [0.15, 0.2) is 28.9 Å². The second-order valence-corrected chi connectivity index (χ2v) is 15.1. The van der Waals surface area contributed by atoms with Crippen molar-refractivity contribution >= 4 is 42.8 Å². The number of para-hydroxylation sites is 1. The summed E-state index contributed by atoms with van der Waals surface area (Å²) in [5.74, 6) is -3.88. The van der Waals surface area contributed by atoms with Gasteiger partial charge in [-0.2, -0.15) is 15.1 Å². The number of ether oxygens (including phenoxy) is 4. The molecular formula is C35H42F2N7O9P. The fraction of sp³-hybridized carbons (Fsp3) is 0.457. The van der Waals surface area contributed by atoms with Crippen molar-refractivity contribution in [3.8, 4) is 5.75 Å². The first-order valence-corrected chi connectivity index (χ1v) is 18.9. The highest BCUT2D eigenvalue weighted by atomic mass is 31.2. The molecule has 2 aromatic carbocycles. The van der Waals surface area contributed by atoms with Crippen LogP contribution in [-0.2, 0) is 39.4 Å². The van der Waals surface area contributed by atoms with Crippen molar-refractivity contribution in [1.29, 1.82) is 0 Å². The van der Waals surface area contributed by atoms with Crippen LogP contribution < -0.4 is 20.2 Å². The number of benzene rings is 2. The van der Waals surface area contributed by atoms with Crippen molar-refractivity contribution < 1.29 is 50.9 Å². The zero-order valence-corrected chi connectivity index (χ0v) is 31.0. The van der Waals surface area contributed by atoms with Crippen molar-refractivity contribution in [2.24, 2.45) is 0 Å². The fourth-order valence-electron chi connectivity index (χ4n) is 6.15. The van der Waals surface area contributed by atoms with E-state index in [1.165, 1.54) is 25.4 Å². The number of carbonyl (C=O) groups excluding carboxylic acids is 2. The van der Waals surface area contributed by atoms with Gasteiger partial charge < -0.3 is 34.1 Å². The van der Waals surface area contributed by atoms with Crippen LogP contribution in [0.1, 0.15) is 52.3 Å². The number of nitrogen functional groups attached to an aromatic ring is 1. The molecule has 54 heavy (non-hydrogen) atoms. The largest absolute Gasteiger partial charge is 0.509 e. The van der Waals surface area contributed by atoms with E-state index in [-0.39, 0.29) is 29.5 Å². The van der Waals surface area contributed by atoms with Crippen LogP contribution in [0, 0.1) is 0 Å². The van der Waals surface area contributed by atoms with E-state index in [1.54, 1.807) is 62.4 Å². The third-order valence-corrected chi connectivity index (χ3v) is 10.3. The highest BCUT2D eigenvalue weighted by Crippen LogP contribution is 2.53. The molecule has 0 aliphatic carbocycles. The number of nitrogens with two attached hydrogens (primary N) is 1. The molecule has 16 nitrogen and oxygen atoms in total. The van der Waals surface area contributed by atoms with Gasteiger partial charge in [-0.15, -0.1) is 0 Å². The molecule has 0 amide bonds. The molecular weight excluding hydrogens is 731 g/mol. The number of halogens is 2. The topological polar surface area (TPSA) is 191 Å². The summed E-state index contributed by atoms with van der Waals surface area (Å²) < 4.78 is 82.8. The number of imidazole rings is 1. The van der Waals surface area contributed by atoms with Gasteiger partial charge in [0.25, 0.3) is 5.85 Å². The Morgan fingerprint density at radius 3 is 2.39 bits per heavy atom. The monoisotopic (exact) mass is 773 g/mol. The molecule has 2 saturated heterocycles. The Morgan fingerprint density at radius 2 is 1.72 bits per heavy atom. The number of anilines is 2. The van der Waals surface area contributed by atoms with Gasteiger partial charge in [0.2, 0.25) is 12.1 Å². The zero-order chi connectivity index (χ0) is 38.7. The van der Waals surface area contributed by atoms with Crippen LogP contribution >= 0.6 is 7.75 Å². The summed E-state index contributed by atoms with van der Waals surface area (Å²) in [6.07, 6.45) is -3.24. The first-order valence-electron chi connectivity index (χ1n) is 17.3. The predicted molar refractivity (Wildman–Crippen MR) is 191 cm³/mol. The molecule has 4 heterocycles. The minimum Gasteiger partial charge on any atom is -0.462 e. The van der Waals surface area contributed by atoms with Crippen LogP contribution in [0.5, 0.6) is 5.75 Å². The van der Waals surface area contributed by atoms with Gasteiger partial charge in [-0.25, -0.2) is 23.1 Å². The molecule has 3 N–H and O–H groups in total. The highest BCUT2D eigenvalue weighted by Gasteiger charge is 2.68. The average molecular weight is 774 g/mol. The number of rotatable bonds is 14. The zero-order valence-electron chi connectivity index (χ0n) is 30.1. The fourth-order valence-corrected chi connectivity index (χ4v) is 7.65. The maximum atomic E-state index is 17.5. The minimum absolute atomic E-state index is 0.0195. The number of aromatic nitrogens is 4. The molecule has 0 bridgehead atoms. The van der Waals surface area contributed by atoms with E-state index in [0.29, 0.717) is 24.5 Å². The van der Waals surface area contributed by atoms with Crippen LogP contribution in [0.25, 0.3) is 11.2 Å². The smallest absolute Gasteiger partial charge is 0.462 e. The number of esters is 1. The van der Waals surface area contributed by atoms with Gasteiger partial charge in [-0.1, -0.05) is 48.5 Å². The van der Waals surface area contributed by atoms with E-state index in [2.05, 4.69) is 20.0 Å². The van der Waals surface area contributed by atoms with E-state index in [0.717, 1.165) is 24.3 Å². The number of nitrogens with one attached hydrogen (secondary N) is 1. The molecule has 290 valence electrons. The van der Waals surface area contributed by atoms with Gasteiger partial charge in [-0.05, 0) is 58.2 Å².